The predicted octanol–water partition coefficient (Wildman–Crippen LogP) is 4.33. The summed E-state index contributed by atoms with van der Waals surface area (Å²) in [5.41, 5.74) is 1.06. The van der Waals surface area contributed by atoms with E-state index in [-0.39, 0.29) is 11.6 Å². The summed E-state index contributed by atoms with van der Waals surface area (Å²) in [6.07, 6.45) is 0. The normalized spacial score (nSPS) is 10.8. The van der Waals surface area contributed by atoms with E-state index in [1.54, 1.807) is 35.6 Å². The number of phenols is 1. The number of rotatable bonds is 3. The van der Waals surface area contributed by atoms with Crippen molar-refractivity contribution < 1.29 is 14.2 Å². The van der Waals surface area contributed by atoms with E-state index in [4.69, 9.17) is 4.74 Å². The van der Waals surface area contributed by atoms with E-state index >= 15 is 0 Å². The summed E-state index contributed by atoms with van der Waals surface area (Å²) >= 11 is 1.57. The summed E-state index contributed by atoms with van der Waals surface area (Å²) in [5.74, 6) is 0.628. The highest BCUT2D eigenvalue weighted by Gasteiger charge is 2.05. The summed E-state index contributed by atoms with van der Waals surface area (Å²) in [6, 6.07) is 11.2. The van der Waals surface area contributed by atoms with E-state index in [2.05, 4.69) is 0 Å². The van der Waals surface area contributed by atoms with E-state index in [1.165, 1.54) is 12.1 Å². The molecule has 0 spiro atoms. The fourth-order valence-corrected chi connectivity index (χ4v) is 2.85. The highest BCUT2D eigenvalue weighted by molar-refractivity contribution is 7.17. The minimum atomic E-state index is -0.274. The van der Waals surface area contributed by atoms with Gasteiger partial charge in [0.15, 0.2) is 0 Å². The Morgan fingerprint density at radius 1 is 1.11 bits per heavy atom. The van der Waals surface area contributed by atoms with Crippen LogP contribution in [0.4, 0.5) is 4.39 Å². The molecule has 0 saturated carbocycles. The number of fused-ring (bicyclic) bond motifs is 1. The maximum atomic E-state index is 12.8. The van der Waals surface area contributed by atoms with E-state index < -0.39 is 0 Å². The van der Waals surface area contributed by atoms with Crippen LogP contribution in [-0.4, -0.2) is 5.11 Å². The summed E-state index contributed by atoms with van der Waals surface area (Å²) in [4.78, 5) is 0. The molecule has 0 fully saturated rings. The Bertz CT molecular complexity index is 704. The molecule has 0 radical (unpaired) electrons. The number of halogens is 1. The average molecular weight is 274 g/mol. The van der Waals surface area contributed by atoms with Gasteiger partial charge in [-0.15, -0.1) is 11.3 Å². The van der Waals surface area contributed by atoms with E-state index in [1.807, 2.05) is 11.4 Å². The molecule has 0 unspecified atom stereocenters. The fourth-order valence-electron chi connectivity index (χ4n) is 1.88. The third-order valence-electron chi connectivity index (χ3n) is 2.85. The lowest BCUT2D eigenvalue weighted by Crippen LogP contribution is -1.94. The molecule has 96 valence electrons. The van der Waals surface area contributed by atoms with Gasteiger partial charge < -0.3 is 9.84 Å². The molecule has 4 heteroatoms. The molecule has 3 aromatic rings. The Balaban J connectivity index is 1.80. The number of hydrogen-bond donors (Lipinski definition) is 1. The van der Waals surface area contributed by atoms with E-state index in [0.29, 0.717) is 12.4 Å². The molecule has 1 aromatic heterocycles. The van der Waals surface area contributed by atoms with Gasteiger partial charge in [0.2, 0.25) is 0 Å². The van der Waals surface area contributed by atoms with Gasteiger partial charge in [-0.3, -0.25) is 0 Å². The summed E-state index contributed by atoms with van der Waals surface area (Å²) < 4.78 is 19.4. The van der Waals surface area contributed by atoms with Crippen molar-refractivity contribution >= 4 is 21.4 Å². The third-order valence-corrected chi connectivity index (χ3v) is 3.84. The van der Waals surface area contributed by atoms with Crippen molar-refractivity contribution in [3.8, 4) is 11.5 Å². The molecular formula is C15H11FO2S. The van der Waals surface area contributed by atoms with Crippen LogP contribution in [-0.2, 0) is 6.61 Å². The molecule has 2 nitrogen and oxygen atoms in total. The van der Waals surface area contributed by atoms with Crippen LogP contribution in [0.3, 0.4) is 0 Å². The Labute approximate surface area is 113 Å². The van der Waals surface area contributed by atoms with Crippen LogP contribution < -0.4 is 4.74 Å². The molecule has 0 bridgehead atoms. The van der Waals surface area contributed by atoms with Gasteiger partial charge in [-0.25, -0.2) is 4.39 Å². The van der Waals surface area contributed by atoms with Crippen molar-refractivity contribution in [2.45, 2.75) is 6.61 Å². The Morgan fingerprint density at radius 3 is 2.68 bits per heavy atom. The van der Waals surface area contributed by atoms with Gasteiger partial charge in [0.05, 0.1) is 0 Å². The number of thiophene rings is 1. The van der Waals surface area contributed by atoms with Crippen molar-refractivity contribution in [2.24, 2.45) is 0 Å². The van der Waals surface area contributed by atoms with E-state index in [0.717, 1.165) is 15.6 Å². The van der Waals surface area contributed by atoms with Crippen molar-refractivity contribution in [1.82, 2.24) is 0 Å². The van der Waals surface area contributed by atoms with Crippen molar-refractivity contribution in [3.05, 3.63) is 59.2 Å². The first-order valence-electron chi connectivity index (χ1n) is 5.80. The smallest absolute Gasteiger partial charge is 0.123 e. The van der Waals surface area contributed by atoms with Crippen molar-refractivity contribution in [2.75, 3.05) is 0 Å². The second kappa shape index (κ2) is 4.90. The molecule has 2 aromatic carbocycles. The molecule has 1 N–H and O–H groups in total. The number of phenolic OH excluding ortho intramolecular Hbond substituents is 1. The first kappa shape index (κ1) is 12.0. The van der Waals surface area contributed by atoms with Crippen molar-refractivity contribution in [3.63, 3.8) is 0 Å². The van der Waals surface area contributed by atoms with Crippen molar-refractivity contribution in [1.29, 1.82) is 0 Å². The molecule has 19 heavy (non-hydrogen) atoms. The zero-order chi connectivity index (χ0) is 13.2. The van der Waals surface area contributed by atoms with Gasteiger partial charge in [0.1, 0.15) is 23.9 Å². The third kappa shape index (κ3) is 2.53. The van der Waals surface area contributed by atoms with Gasteiger partial charge in [0.25, 0.3) is 0 Å². The Hall–Kier alpha value is -2.07. The number of ether oxygens (including phenoxy) is 1. The van der Waals surface area contributed by atoms with Crippen LogP contribution in [0.25, 0.3) is 10.1 Å². The van der Waals surface area contributed by atoms with Gasteiger partial charge in [-0.2, -0.15) is 0 Å². The number of aromatic hydroxyl groups is 1. The summed E-state index contributed by atoms with van der Waals surface area (Å²) in [6.45, 7) is 0.427. The highest BCUT2D eigenvalue weighted by Crippen LogP contribution is 2.29. The SMILES string of the molecule is Oc1ccc2c(COc3ccc(F)cc3)csc2c1. The van der Waals surface area contributed by atoms with Gasteiger partial charge in [-0.05, 0) is 53.2 Å². The largest absolute Gasteiger partial charge is 0.508 e. The topological polar surface area (TPSA) is 29.5 Å². The summed E-state index contributed by atoms with van der Waals surface area (Å²) in [5, 5.41) is 12.5. The minimum absolute atomic E-state index is 0.264. The standard InChI is InChI=1S/C15H11FO2S/c16-11-1-4-13(5-2-11)18-8-10-9-19-15-7-12(17)3-6-14(10)15/h1-7,9,17H,8H2. The van der Waals surface area contributed by atoms with Crippen LogP contribution in [0, 0.1) is 5.82 Å². The van der Waals surface area contributed by atoms with Crippen LogP contribution in [0.5, 0.6) is 11.5 Å². The Kier molecular flexibility index (Phi) is 3.09. The molecule has 0 amide bonds. The van der Waals surface area contributed by atoms with Gasteiger partial charge in [-0.1, -0.05) is 0 Å². The van der Waals surface area contributed by atoms with Crippen LogP contribution in [0.2, 0.25) is 0 Å². The minimum Gasteiger partial charge on any atom is -0.508 e. The predicted molar refractivity (Wildman–Crippen MR) is 74.2 cm³/mol. The molecule has 0 aliphatic heterocycles. The molecule has 0 aliphatic carbocycles. The quantitative estimate of drug-likeness (QED) is 0.770. The molecule has 0 aliphatic rings. The first-order valence-corrected chi connectivity index (χ1v) is 6.68. The molecule has 0 saturated heterocycles. The van der Waals surface area contributed by atoms with Crippen LogP contribution in [0.15, 0.2) is 47.8 Å². The lowest BCUT2D eigenvalue weighted by molar-refractivity contribution is 0.307. The molecule has 0 atom stereocenters. The van der Waals surface area contributed by atoms with Crippen LogP contribution >= 0.6 is 11.3 Å². The average Bonchev–Trinajstić information content (AvgIpc) is 2.80. The lowest BCUT2D eigenvalue weighted by atomic mass is 10.2. The number of benzene rings is 2. The lowest BCUT2D eigenvalue weighted by Gasteiger charge is -2.05. The monoisotopic (exact) mass is 274 g/mol. The Morgan fingerprint density at radius 2 is 1.89 bits per heavy atom. The van der Waals surface area contributed by atoms with E-state index in [9.17, 15) is 9.50 Å². The molecule has 1 heterocycles. The second-order valence-electron chi connectivity index (χ2n) is 4.18. The molecule has 3 rings (SSSR count). The number of hydrogen-bond acceptors (Lipinski definition) is 3. The molecular weight excluding hydrogens is 263 g/mol. The zero-order valence-electron chi connectivity index (χ0n) is 9.97. The second-order valence-corrected chi connectivity index (χ2v) is 5.10. The first-order chi connectivity index (χ1) is 9.22. The van der Waals surface area contributed by atoms with Crippen LogP contribution in [0.1, 0.15) is 5.56 Å². The summed E-state index contributed by atoms with van der Waals surface area (Å²) in [7, 11) is 0. The zero-order valence-corrected chi connectivity index (χ0v) is 10.8. The maximum absolute atomic E-state index is 12.8. The van der Waals surface area contributed by atoms with Gasteiger partial charge >= 0.3 is 0 Å². The fraction of sp³-hybridized carbons (Fsp3) is 0.0667. The maximum Gasteiger partial charge on any atom is 0.123 e. The van der Waals surface area contributed by atoms with Gasteiger partial charge in [0, 0.05) is 10.3 Å². The highest BCUT2D eigenvalue weighted by atomic mass is 32.1.